The second kappa shape index (κ2) is 15.1. The molecular formula is C30H31N9O3. The Labute approximate surface area is 244 Å². The van der Waals surface area contributed by atoms with Gasteiger partial charge in [0.15, 0.2) is 5.84 Å². The Morgan fingerprint density at radius 3 is 2.33 bits per heavy atom. The standard InChI is InChI=1S/C30H31N9O3/c1-5-32-29(35-24-11-8-10-23(20-24)34-27(40)13-9-19-38(3)4)28(21(2)31)39(37-42)25-16-14-22(15-17-25)30(41)36-26-12-6-7-18-33-26/h5-8,10-12,14-18,20H,1,19,31H2,2-4H3,(H,32,35)(H,34,40)(H,33,36,41)/b28-21-. The van der Waals surface area contributed by atoms with E-state index in [1.165, 1.54) is 6.20 Å². The van der Waals surface area contributed by atoms with E-state index in [2.05, 4.69) is 49.6 Å². The fourth-order valence-electron chi connectivity index (χ4n) is 3.55. The first-order valence-electron chi connectivity index (χ1n) is 12.6. The Hall–Kier alpha value is -5.80. The third kappa shape index (κ3) is 8.87. The molecule has 0 aliphatic heterocycles. The number of anilines is 4. The highest BCUT2D eigenvalue weighted by molar-refractivity contribution is 6.11. The molecule has 5 N–H and O–H groups in total. The van der Waals surface area contributed by atoms with Gasteiger partial charge in [0.05, 0.1) is 17.5 Å². The fourth-order valence-corrected chi connectivity index (χ4v) is 3.55. The average molecular weight is 566 g/mol. The minimum Gasteiger partial charge on any atom is -0.400 e. The first-order valence-corrected chi connectivity index (χ1v) is 12.6. The minimum absolute atomic E-state index is 0.152. The molecule has 1 aromatic heterocycles. The molecule has 12 heteroatoms. The van der Waals surface area contributed by atoms with E-state index in [1.54, 1.807) is 79.9 Å². The van der Waals surface area contributed by atoms with Crippen LogP contribution in [0.2, 0.25) is 0 Å². The Kier molecular flexibility index (Phi) is 11.1. The quantitative estimate of drug-likeness (QED) is 0.0938. The minimum atomic E-state index is -0.458. The predicted molar refractivity (Wildman–Crippen MR) is 166 cm³/mol. The molecule has 42 heavy (non-hydrogen) atoms. The number of aliphatic imine (C=N–C) groups is 1. The lowest BCUT2D eigenvalue weighted by atomic mass is 10.1. The van der Waals surface area contributed by atoms with E-state index in [9.17, 15) is 14.5 Å². The molecule has 0 aliphatic carbocycles. The van der Waals surface area contributed by atoms with Crippen molar-refractivity contribution in [3.05, 3.63) is 108 Å². The van der Waals surface area contributed by atoms with Crippen LogP contribution in [0.3, 0.4) is 0 Å². The zero-order valence-corrected chi connectivity index (χ0v) is 23.5. The van der Waals surface area contributed by atoms with E-state index in [0.29, 0.717) is 35.0 Å². The molecule has 1 heterocycles. The highest BCUT2D eigenvalue weighted by atomic mass is 16.3. The highest BCUT2D eigenvalue weighted by Gasteiger charge is 2.22. The van der Waals surface area contributed by atoms with Gasteiger partial charge < -0.3 is 21.7 Å². The van der Waals surface area contributed by atoms with Crippen LogP contribution in [-0.2, 0) is 4.79 Å². The molecule has 214 valence electrons. The van der Waals surface area contributed by atoms with Crippen molar-refractivity contribution in [3.63, 3.8) is 0 Å². The maximum Gasteiger partial charge on any atom is 0.300 e. The van der Waals surface area contributed by atoms with Crippen LogP contribution in [0.1, 0.15) is 17.3 Å². The van der Waals surface area contributed by atoms with Gasteiger partial charge in [0.1, 0.15) is 11.5 Å². The maximum absolute atomic E-state index is 12.6. The first-order chi connectivity index (χ1) is 20.2. The summed E-state index contributed by atoms with van der Waals surface area (Å²) in [4.78, 5) is 47.1. The molecular weight excluding hydrogens is 534 g/mol. The van der Waals surface area contributed by atoms with Gasteiger partial charge in [-0.25, -0.2) is 9.98 Å². The lowest BCUT2D eigenvalue weighted by molar-refractivity contribution is -0.111. The van der Waals surface area contributed by atoms with Gasteiger partial charge in [-0.1, -0.05) is 24.6 Å². The lowest BCUT2D eigenvalue weighted by Gasteiger charge is -2.22. The topological polar surface area (TPSA) is 157 Å². The molecule has 0 radical (unpaired) electrons. The molecule has 0 aliphatic rings. The summed E-state index contributed by atoms with van der Waals surface area (Å²) in [6.07, 6.45) is 2.85. The van der Waals surface area contributed by atoms with Crippen LogP contribution in [0.4, 0.5) is 22.9 Å². The van der Waals surface area contributed by atoms with Gasteiger partial charge in [-0.05, 0) is 81.5 Å². The normalized spacial score (nSPS) is 11.4. The molecule has 0 spiro atoms. The number of amides is 2. The number of aromatic nitrogens is 1. The largest absolute Gasteiger partial charge is 0.400 e. The summed E-state index contributed by atoms with van der Waals surface area (Å²) in [6.45, 7) is 5.70. The van der Waals surface area contributed by atoms with Crippen LogP contribution < -0.4 is 26.7 Å². The van der Waals surface area contributed by atoms with E-state index < -0.39 is 5.91 Å². The summed E-state index contributed by atoms with van der Waals surface area (Å²) in [7, 11) is 3.71. The lowest BCUT2D eigenvalue weighted by Crippen LogP contribution is -2.30. The first kappa shape index (κ1) is 30.7. The molecule has 2 amide bonds. The van der Waals surface area contributed by atoms with Crippen LogP contribution in [0.5, 0.6) is 0 Å². The van der Waals surface area contributed by atoms with Crippen LogP contribution >= 0.6 is 0 Å². The summed E-state index contributed by atoms with van der Waals surface area (Å²) < 4.78 is 0. The second-order valence-corrected chi connectivity index (χ2v) is 9.00. The molecule has 3 rings (SSSR count). The molecule has 2 aromatic carbocycles. The number of allylic oxidation sites excluding steroid dienone is 1. The zero-order chi connectivity index (χ0) is 30.5. The van der Waals surface area contributed by atoms with E-state index in [0.717, 1.165) is 5.01 Å². The number of nitrogens with zero attached hydrogens (tertiary/aromatic N) is 5. The van der Waals surface area contributed by atoms with Crippen LogP contribution in [0.25, 0.3) is 0 Å². The van der Waals surface area contributed by atoms with Gasteiger partial charge in [-0.15, -0.1) is 4.91 Å². The van der Waals surface area contributed by atoms with Crippen LogP contribution in [-0.4, -0.2) is 48.2 Å². The molecule has 3 aromatic rings. The van der Waals surface area contributed by atoms with E-state index in [-0.39, 0.29) is 23.1 Å². The number of hydrogen-bond acceptors (Lipinski definition) is 8. The molecule has 0 saturated heterocycles. The third-order valence-corrected chi connectivity index (χ3v) is 5.37. The van der Waals surface area contributed by atoms with Gasteiger partial charge in [0, 0.05) is 35.0 Å². The number of benzene rings is 2. The Bertz CT molecular complexity index is 1550. The molecule has 0 atom stereocenters. The zero-order valence-electron chi connectivity index (χ0n) is 23.5. The molecule has 0 unspecified atom stereocenters. The van der Waals surface area contributed by atoms with Gasteiger partial charge >= 0.3 is 0 Å². The fraction of sp³-hybridized carbons (Fsp3) is 0.133. The number of hydrogen-bond donors (Lipinski definition) is 4. The maximum atomic E-state index is 12.6. The molecule has 0 fully saturated rings. The van der Waals surface area contributed by atoms with Crippen molar-refractivity contribution in [3.8, 4) is 11.8 Å². The smallest absolute Gasteiger partial charge is 0.300 e. The van der Waals surface area contributed by atoms with Crippen molar-refractivity contribution in [1.29, 1.82) is 0 Å². The van der Waals surface area contributed by atoms with Crippen molar-refractivity contribution in [2.75, 3.05) is 41.6 Å². The van der Waals surface area contributed by atoms with Gasteiger partial charge in [-0.2, -0.15) is 5.01 Å². The van der Waals surface area contributed by atoms with Gasteiger partial charge in [0.2, 0.25) is 0 Å². The van der Waals surface area contributed by atoms with E-state index in [4.69, 9.17) is 5.73 Å². The highest BCUT2D eigenvalue weighted by Crippen LogP contribution is 2.25. The Morgan fingerprint density at radius 2 is 1.74 bits per heavy atom. The summed E-state index contributed by atoms with van der Waals surface area (Å²) >= 11 is 0. The van der Waals surface area contributed by atoms with Crippen LogP contribution in [0.15, 0.2) is 107 Å². The number of rotatable bonds is 10. The second-order valence-electron chi connectivity index (χ2n) is 9.00. The van der Waals surface area contributed by atoms with E-state index in [1.807, 2.05) is 19.0 Å². The van der Waals surface area contributed by atoms with Gasteiger partial charge in [-0.3, -0.25) is 14.5 Å². The summed E-state index contributed by atoms with van der Waals surface area (Å²) in [6, 6.07) is 18.2. The number of amidine groups is 1. The molecule has 0 saturated carbocycles. The number of nitroso groups, excluding NO2 is 1. The Morgan fingerprint density at radius 1 is 1.02 bits per heavy atom. The predicted octanol–water partition coefficient (Wildman–Crippen LogP) is 4.17. The van der Waals surface area contributed by atoms with Gasteiger partial charge in [0.25, 0.3) is 11.8 Å². The number of pyridine rings is 1. The Balaban J connectivity index is 1.82. The van der Waals surface area contributed by atoms with Crippen molar-refractivity contribution in [2.45, 2.75) is 6.92 Å². The third-order valence-electron chi connectivity index (χ3n) is 5.37. The SMILES string of the molecule is C=CN=C(Nc1cccc(NC(=O)C#CCN(C)C)c1)/C(=C(\C)N)N(N=O)c1ccc(C(=O)Nc2ccccn2)cc1. The monoisotopic (exact) mass is 565 g/mol. The van der Waals surface area contributed by atoms with Crippen molar-refractivity contribution < 1.29 is 9.59 Å². The average Bonchev–Trinajstić information content (AvgIpc) is 2.96. The summed E-state index contributed by atoms with van der Waals surface area (Å²) in [5, 5.41) is 12.8. The van der Waals surface area contributed by atoms with Crippen molar-refractivity contribution >= 4 is 40.5 Å². The summed E-state index contributed by atoms with van der Waals surface area (Å²) in [5.74, 6) is 5.05. The number of carbonyl (C=O) groups is 2. The van der Waals surface area contributed by atoms with E-state index >= 15 is 0 Å². The number of nitrogens with one attached hydrogen (secondary N) is 3. The van der Waals surface area contributed by atoms with Crippen LogP contribution in [0, 0.1) is 16.7 Å². The number of nitrogens with two attached hydrogens (primary N) is 1. The van der Waals surface area contributed by atoms with Crippen molar-refractivity contribution in [2.24, 2.45) is 16.0 Å². The molecule has 12 nitrogen and oxygen atoms in total. The number of carbonyl (C=O) groups excluding carboxylic acids is 2. The molecule has 0 bridgehead atoms. The van der Waals surface area contributed by atoms with Crippen molar-refractivity contribution in [1.82, 2.24) is 9.88 Å². The summed E-state index contributed by atoms with van der Waals surface area (Å²) in [5.41, 5.74) is 8.26.